The van der Waals surface area contributed by atoms with E-state index in [0.717, 1.165) is 0 Å². The van der Waals surface area contributed by atoms with Crippen molar-refractivity contribution in [2.45, 2.75) is 6.92 Å². The number of rotatable bonds is 3. The Morgan fingerprint density at radius 2 is 1.67 bits per heavy atom. The molecule has 2 aromatic rings. The van der Waals surface area contributed by atoms with E-state index >= 15 is 0 Å². The maximum absolute atomic E-state index is 13.4. The fraction of sp³-hybridized carbons (Fsp3) is 0.0667. The summed E-state index contributed by atoms with van der Waals surface area (Å²) in [5.74, 6) is -0.464. The van der Waals surface area contributed by atoms with Crippen LogP contribution in [0.5, 0.6) is 5.75 Å². The Morgan fingerprint density at radius 3 is 2.29 bits per heavy atom. The smallest absolute Gasteiger partial charge is 0.410 e. The van der Waals surface area contributed by atoms with Gasteiger partial charge in [-0.05, 0) is 36.4 Å². The number of para-hydroxylation sites is 1. The zero-order valence-corrected chi connectivity index (χ0v) is 11.2. The van der Waals surface area contributed by atoms with Crippen LogP contribution in [-0.4, -0.2) is 12.0 Å². The topological polar surface area (TPSA) is 67.4 Å². The number of carbonyl (C=O) groups is 2. The lowest BCUT2D eigenvalue weighted by molar-refractivity contribution is -0.114. The number of nitrogens with one attached hydrogen (secondary N) is 2. The Bertz CT molecular complexity index is 656. The lowest BCUT2D eigenvalue weighted by Gasteiger charge is -2.08. The first kappa shape index (κ1) is 14.5. The van der Waals surface area contributed by atoms with Crippen LogP contribution in [0.2, 0.25) is 0 Å². The summed E-state index contributed by atoms with van der Waals surface area (Å²) < 4.78 is 18.4. The van der Waals surface area contributed by atoms with E-state index < -0.39 is 11.9 Å². The summed E-state index contributed by atoms with van der Waals surface area (Å²) >= 11 is 0. The average molecular weight is 288 g/mol. The van der Waals surface area contributed by atoms with E-state index in [9.17, 15) is 14.0 Å². The minimum atomic E-state index is -0.799. The first-order valence-corrected chi connectivity index (χ1v) is 6.15. The summed E-state index contributed by atoms with van der Waals surface area (Å²) in [6.07, 6.45) is -0.799. The predicted octanol–water partition coefficient (Wildman–Crippen LogP) is 3.40. The summed E-state index contributed by atoms with van der Waals surface area (Å²) in [5, 5.41) is 4.89. The Labute approximate surface area is 120 Å². The van der Waals surface area contributed by atoms with E-state index in [0.29, 0.717) is 5.69 Å². The van der Waals surface area contributed by atoms with Gasteiger partial charge in [0.05, 0.1) is 5.69 Å². The minimum absolute atomic E-state index is 0.0392. The van der Waals surface area contributed by atoms with Crippen LogP contribution in [0.25, 0.3) is 0 Å². The minimum Gasteiger partial charge on any atom is -0.410 e. The molecule has 0 saturated heterocycles. The highest BCUT2D eigenvalue weighted by Crippen LogP contribution is 2.17. The molecule has 6 heteroatoms. The molecular weight excluding hydrogens is 275 g/mol. The van der Waals surface area contributed by atoms with Crippen molar-refractivity contribution in [3.05, 3.63) is 54.3 Å². The summed E-state index contributed by atoms with van der Waals surface area (Å²) in [4.78, 5) is 22.5. The highest BCUT2D eigenvalue weighted by atomic mass is 19.1. The van der Waals surface area contributed by atoms with E-state index in [2.05, 4.69) is 10.6 Å². The first-order chi connectivity index (χ1) is 10.0. The molecule has 0 fully saturated rings. The number of hydrogen-bond acceptors (Lipinski definition) is 3. The van der Waals surface area contributed by atoms with Gasteiger partial charge < -0.3 is 10.1 Å². The largest absolute Gasteiger partial charge is 0.417 e. The van der Waals surface area contributed by atoms with E-state index in [1.165, 1.54) is 37.3 Å². The normalized spacial score (nSPS) is 9.81. The van der Waals surface area contributed by atoms with Crippen LogP contribution in [0, 0.1) is 5.82 Å². The van der Waals surface area contributed by atoms with Crippen molar-refractivity contribution in [3.63, 3.8) is 0 Å². The number of anilines is 2. The Kier molecular flexibility index (Phi) is 4.50. The zero-order valence-electron chi connectivity index (χ0n) is 11.2. The highest BCUT2D eigenvalue weighted by molar-refractivity contribution is 5.89. The molecule has 0 bridgehead atoms. The molecule has 0 heterocycles. The number of halogens is 1. The van der Waals surface area contributed by atoms with Crippen LogP contribution in [0.3, 0.4) is 0 Å². The van der Waals surface area contributed by atoms with Gasteiger partial charge in [-0.1, -0.05) is 12.1 Å². The third kappa shape index (κ3) is 4.31. The van der Waals surface area contributed by atoms with Gasteiger partial charge in [-0.25, -0.2) is 9.18 Å². The van der Waals surface area contributed by atoms with Gasteiger partial charge in [0.2, 0.25) is 5.91 Å². The van der Waals surface area contributed by atoms with Gasteiger partial charge in [0, 0.05) is 12.6 Å². The van der Waals surface area contributed by atoms with Crippen LogP contribution in [-0.2, 0) is 4.79 Å². The molecule has 21 heavy (non-hydrogen) atoms. The number of ether oxygens (including phenoxy) is 1. The molecule has 2 rings (SSSR count). The average Bonchev–Trinajstić information content (AvgIpc) is 2.43. The highest BCUT2D eigenvalue weighted by Gasteiger charge is 2.08. The molecule has 2 amide bonds. The Morgan fingerprint density at radius 1 is 1.00 bits per heavy atom. The first-order valence-electron chi connectivity index (χ1n) is 6.15. The molecule has 0 aliphatic rings. The van der Waals surface area contributed by atoms with Gasteiger partial charge in [0.25, 0.3) is 0 Å². The number of benzene rings is 2. The Hall–Kier alpha value is -2.89. The number of hydrogen-bond donors (Lipinski definition) is 2. The van der Waals surface area contributed by atoms with Crippen LogP contribution >= 0.6 is 0 Å². The molecule has 0 aromatic heterocycles. The van der Waals surface area contributed by atoms with Crippen LogP contribution in [0.1, 0.15) is 6.92 Å². The molecular formula is C15H13FN2O3. The van der Waals surface area contributed by atoms with Crippen LogP contribution < -0.4 is 15.4 Å². The van der Waals surface area contributed by atoms with E-state index in [1.54, 1.807) is 18.2 Å². The van der Waals surface area contributed by atoms with Crippen molar-refractivity contribution in [1.29, 1.82) is 0 Å². The zero-order chi connectivity index (χ0) is 15.2. The van der Waals surface area contributed by atoms with Crippen molar-refractivity contribution in [2.24, 2.45) is 0 Å². The molecule has 0 aliphatic carbocycles. The quantitative estimate of drug-likeness (QED) is 0.909. The second kappa shape index (κ2) is 6.51. The van der Waals surface area contributed by atoms with Gasteiger partial charge in [-0.3, -0.25) is 10.1 Å². The van der Waals surface area contributed by atoms with Crippen LogP contribution in [0.15, 0.2) is 48.5 Å². The molecule has 2 aromatic carbocycles. The number of carbonyl (C=O) groups excluding carboxylic acids is 2. The Balaban J connectivity index is 1.96. The fourth-order valence-electron chi connectivity index (χ4n) is 1.61. The van der Waals surface area contributed by atoms with Gasteiger partial charge in [0.15, 0.2) is 0 Å². The SMILES string of the molecule is CC(=O)Nc1ccc(OC(=O)Nc2ccccc2F)cc1. The summed E-state index contributed by atoms with van der Waals surface area (Å²) in [6, 6.07) is 12.0. The van der Waals surface area contributed by atoms with Gasteiger partial charge in [0.1, 0.15) is 11.6 Å². The van der Waals surface area contributed by atoms with Crippen molar-refractivity contribution in [2.75, 3.05) is 10.6 Å². The van der Waals surface area contributed by atoms with Gasteiger partial charge >= 0.3 is 6.09 Å². The standard InChI is InChI=1S/C15H13FN2O3/c1-10(19)17-11-6-8-12(9-7-11)21-15(20)18-14-5-3-2-4-13(14)16/h2-9H,1H3,(H,17,19)(H,18,20). The van der Waals surface area contributed by atoms with Crippen LogP contribution in [0.4, 0.5) is 20.6 Å². The van der Waals surface area contributed by atoms with Gasteiger partial charge in [-0.2, -0.15) is 0 Å². The lowest BCUT2D eigenvalue weighted by Crippen LogP contribution is -2.17. The second-order valence-corrected chi connectivity index (χ2v) is 4.20. The van der Waals surface area contributed by atoms with E-state index in [1.807, 2.05) is 0 Å². The van der Waals surface area contributed by atoms with Crippen molar-refractivity contribution in [3.8, 4) is 5.75 Å². The van der Waals surface area contributed by atoms with E-state index in [-0.39, 0.29) is 17.3 Å². The molecule has 0 saturated carbocycles. The monoisotopic (exact) mass is 288 g/mol. The third-order valence-electron chi connectivity index (χ3n) is 2.50. The molecule has 0 spiro atoms. The molecule has 0 aliphatic heterocycles. The summed E-state index contributed by atoms with van der Waals surface area (Å²) in [6.45, 7) is 1.40. The predicted molar refractivity (Wildman–Crippen MR) is 76.8 cm³/mol. The molecule has 0 radical (unpaired) electrons. The lowest BCUT2D eigenvalue weighted by atomic mass is 10.3. The van der Waals surface area contributed by atoms with Crippen molar-refractivity contribution in [1.82, 2.24) is 0 Å². The maximum Gasteiger partial charge on any atom is 0.417 e. The molecule has 0 unspecified atom stereocenters. The maximum atomic E-state index is 13.4. The van der Waals surface area contributed by atoms with Crippen molar-refractivity contribution >= 4 is 23.4 Å². The molecule has 108 valence electrons. The molecule has 0 atom stereocenters. The third-order valence-corrected chi connectivity index (χ3v) is 2.50. The van der Waals surface area contributed by atoms with Crippen molar-refractivity contribution < 1.29 is 18.7 Å². The summed E-state index contributed by atoms with van der Waals surface area (Å²) in [7, 11) is 0. The number of amides is 2. The molecule has 5 nitrogen and oxygen atoms in total. The second-order valence-electron chi connectivity index (χ2n) is 4.20. The van der Waals surface area contributed by atoms with Gasteiger partial charge in [-0.15, -0.1) is 0 Å². The molecule has 2 N–H and O–H groups in total. The summed E-state index contributed by atoms with van der Waals surface area (Å²) in [5.41, 5.74) is 0.627. The fourth-order valence-corrected chi connectivity index (χ4v) is 1.61. The van der Waals surface area contributed by atoms with E-state index in [4.69, 9.17) is 4.74 Å².